The summed E-state index contributed by atoms with van der Waals surface area (Å²) in [6.07, 6.45) is 8.21. The molecule has 1 saturated heterocycles. The van der Waals surface area contributed by atoms with Crippen LogP contribution in [-0.4, -0.2) is 43.4 Å². The lowest BCUT2D eigenvalue weighted by Gasteiger charge is -2.32. The van der Waals surface area contributed by atoms with Gasteiger partial charge in [0.25, 0.3) is 0 Å². The van der Waals surface area contributed by atoms with Crippen LogP contribution < -0.4 is 0 Å². The van der Waals surface area contributed by atoms with Crippen molar-refractivity contribution in [1.82, 2.24) is 4.90 Å². The zero-order valence-electron chi connectivity index (χ0n) is 10.1. The van der Waals surface area contributed by atoms with Crippen molar-refractivity contribution in [3.8, 4) is 0 Å². The molecule has 1 heterocycles. The van der Waals surface area contributed by atoms with Crippen LogP contribution in [0.1, 0.15) is 26.2 Å². The molecule has 1 aliphatic rings. The van der Waals surface area contributed by atoms with Crippen LogP contribution in [0.4, 0.5) is 0 Å². The van der Waals surface area contributed by atoms with Gasteiger partial charge in [-0.25, -0.2) is 4.99 Å². The summed E-state index contributed by atoms with van der Waals surface area (Å²) in [4.78, 5) is 6.25. The van der Waals surface area contributed by atoms with Crippen LogP contribution in [0.15, 0.2) is 17.1 Å². The minimum absolute atomic E-state index is 0.481. The van der Waals surface area contributed by atoms with Gasteiger partial charge in [-0.1, -0.05) is 13.0 Å². The molecule has 0 aromatic carbocycles. The SMILES string of the molecule is CC/C=C/C(=NC=N)N(C)C1CCOCC1. The van der Waals surface area contributed by atoms with Crippen LogP contribution in [-0.2, 0) is 4.74 Å². The van der Waals surface area contributed by atoms with E-state index in [-0.39, 0.29) is 0 Å². The van der Waals surface area contributed by atoms with Crippen molar-refractivity contribution in [2.45, 2.75) is 32.2 Å². The number of likely N-dealkylation sites (N-methyl/N-ethyl adjacent to an activating group) is 1. The maximum atomic E-state index is 7.08. The second kappa shape index (κ2) is 7.17. The molecule has 1 aliphatic heterocycles. The molecule has 1 N–H and O–H groups in total. The van der Waals surface area contributed by atoms with E-state index in [4.69, 9.17) is 10.1 Å². The Morgan fingerprint density at radius 1 is 1.50 bits per heavy atom. The molecule has 1 fully saturated rings. The molecule has 4 nitrogen and oxygen atoms in total. The minimum Gasteiger partial charge on any atom is -0.381 e. The Labute approximate surface area is 97.5 Å². The summed E-state index contributed by atoms with van der Waals surface area (Å²) in [7, 11) is 2.04. The smallest absolute Gasteiger partial charge is 0.129 e. The zero-order valence-corrected chi connectivity index (χ0v) is 10.1. The van der Waals surface area contributed by atoms with Gasteiger partial charge in [0.05, 0.1) is 0 Å². The summed E-state index contributed by atoms with van der Waals surface area (Å²) in [5, 5.41) is 7.08. The van der Waals surface area contributed by atoms with Gasteiger partial charge in [-0.3, -0.25) is 5.41 Å². The van der Waals surface area contributed by atoms with Crippen LogP contribution >= 0.6 is 0 Å². The third-order valence-corrected chi connectivity index (χ3v) is 2.80. The van der Waals surface area contributed by atoms with Crippen LogP contribution in [0.25, 0.3) is 0 Å². The van der Waals surface area contributed by atoms with E-state index in [2.05, 4.69) is 22.9 Å². The quantitative estimate of drug-likeness (QED) is 0.586. The maximum Gasteiger partial charge on any atom is 0.129 e. The van der Waals surface area contributed by atoms with E-state index >= 15 is 0 Å². The highest BCUT2D eigenvalue weighted by molar-refractivity contribution is 5.97. The van der Waals surface area contributed by atoms with Crippen molar-refractivity contribution >= 4 is 12.2 Å². The van der Waals surface area contributed by atoms with Gasteiger partial charge in [-0.15, -0.1) is 0 Å². The van der Waals surface area contributed by atoms with Crippen molar-refractivity contribution in [3.05, 3.63) is 12.2 Å². The summed E-state index contributed by atoms with van der Waals surface area (Å²) < 4.78 is 5.34. The first-order valence-corrected chi connectivity index (χ1v) is 5.83. The van der Waals surface area contributed by atoms with Gasteiger partial charge in [-0.2, -0.15) is 0 Å². The van der Waals surface area contributed by atoms with Crippen molar-refractivity contribution in [2.24, 2.45) is 4.99 Å². The number of aliphatic imine (C=N–C) groups is 1. The van der Waals surface area contributed by atoms with Gasteiger partial charge in [0.2, 0.25) is 0 Å². The first kappa shape index (κ1) is 12.9. The van der Waals surface area contributed by atoms with Gasteiger partial charge in [0.1, 0.15) is 12.2 Å². The normalized spacial score (nSPS) is 19.0. The van der Waals surface area contributed by atoms with E-state index in [0.29, 0.717) is 6.04 Å². The minimum atomic E-state index is 0.481. The van der Waals surface area contributed by atoms with Crippen molar-refractivity contribution in [2.75, 3.05) is 20.3 Å². The summed E-state index contributed by atoms with van der Waals surface area (Å²) in [6, 6.07) is 0.481. The molecule has 4 heteroatoms. The largest absolute Gasteiger partial charge is 0.381 e. The topological polar surface area (TPSA) is 48.7 Å². The Morgan fingerprint density at radius 3 is 2.75 bits per heavy atom. The predicted molar refractivity (Wildman–Crippen MR) is 67.3 cm³/mol. The number of allylic oxidation sites excluding steroid dienone is 1. The zero-order chi connectivity index (χ0) is 11.8. The van der Waals surface area contributed by atoms with Crippen LogP contribution in [0.3, 0.4) is 0 Å². The standard InChI is InChI=1S/C12H21N3O/c1-3-4-5-12(14-10-13)15(2)11-6-8-16-9-7-11/h4-5,10-11,13H,3,6-9H2,1-2H3/b5-4+,13-10?,14-12?. The summed E-state index contributed by atoms with van der Waals surface area (Å²) >= 11 is 0. The van der Waals surface area contributed by atoms with E-state index in [9.17, 15) is 0 Å². The van der Waals surface area contributed by atoms with Gasteiger partial charge < -0.3 is 9.64 Å². The summed E-state index contributed by atoms with van der Waals surface area (Å²) in [6.45, 7) is 3.74. The monoisotopic (exact) mass is 223 g/mol. The third kappa shape index (κ3) is 3.77. The molecule has 0 bridgehead atoms. The van der Waals surface area contributed by atoms with E-state index in [1.165, 1.54) is 0 Å². The molecule has 0 atom stereocenters. The third-order valence-electron chi connectivity index (χ3n) is 2.80. The lowest BCUT2D eigenvalue weighted by molar-refractivity contribution is 0.0608. The van der Waals surface area contributed by atoms with E-state index in [1.807, 2.05) is 13.1 Å². The molecule has 0 aromatic rings. The molecule has 0 amide bonds. The number of hydrogen-bond donors (Lipinski definition) is 1. The Kier molecular flexibility index (Phi) is 5.78. The summed E-state index contributed by atoms with van der Waals surface area (Å²) in [5.41, 5.74) is 0. The van der Waals surface area contributed by atoms with Gasteiger partial charge >= 0.3 is 0 Å². The predicted octanol–water partition coefficient (Wildman–Crippen LogP) is 2.07. The summed E-state index contributed by atoms with van der Waals surface area (Å²) in [5.74, 6) is 0.865. The fourth-order valence-electron chi connectivity index (χ4n) is 1.80. The second-order valence-corrected chi connectivity index (χ2v) is 3.88. The molecule has 0 aromatic heterocycles. The first-order valence-electron chi connectivity index (χ1n) is 5.83. The number of nitrogens with one attached hydrogen (secondary N) is 1. The highest BCUT2D eigenvalue weighted by Gasteiger charge is 2.19. The number of ether oxygens (including phenoxy) is 1. The molecular weight excluding hydrogens is 202 g/mol. The van der Waals surface area contributed by atoms with Gasteiger partial charge in [0, 0.05) is 26.3 Å². The second-order valence-electron chi connectivity index (χ2n) is 3.88. The highest BCUT2D eigenvalue weighted by Crippen LogP contribution is 2.13. The van der Waals surface area contributed by atoms with E-state index in [1.54, 1.807) is 0 Å². The molecular formula is C12H21N3O. The Hall–Kier alpha value is -1.16. The first-order chi connectivity index (χ1) is 7.79. The van der Waals surface area contributed by atoms with Crippen molar-refractivity contribution in [1.29, 1.82) is 5.41 Å². The van der Waals surface area contributed by atoms with Crippen LogP contribution in [0, 0.1) is 5.41 Å². The molecule has 1 rings (SSSR count). The van der Waals surface area contributed by atoms with Gasteiger partial charge in [-0.05, 0) is 25.3 Å². The molecule has 0 unspecified atom stereocenters. The van der Waals surface area contributed by atoms with Crippen molar-refractivity contribution in [3.63, 3.8) is 0 Å². The van der Waals surface area contributed by atoms with Crippen molar-refractivity contribution < 1.29 is 4.74 Å². The number of nitrogens with zero attached hydrogens (tertiary/aromatic N) is 2. The molecule has 0 radical (unpaired) electrons. The van der Waals surface area contributed by atoms with Crippen LogP contribution in [0.5, 0.6) is 0 Å². The van der Waals surface area contributed by atoms with E-state index in [0.717, 1.165) is 44.7 Å². The molecule has 0 saturated carbocycles. The molecule has 0 spiro atoms. The number of rotatable bonds is 4. The molecule has 0 aliphatic carbocycles. The fourth-order valence-corrected chi connectivity index (χ4v) is 1.80. The Bertz CT molecular complexity index is 267. The average molecular weight is 223 g/mol. The van der Waals surface area contributed by atoms with Gasteiger partial charge in [0.15, 0.2) is 0 Å². The molecule has 16 heavy (non-hydrogen) atoms. The lowest BCUT2D eigenvalue weighted by atomic mass is 10.1. The lowest BCUT2D eigenvalue weighted by Crippen LogP contribution is -2.40. The molecule has 90 valence electrons. The number of amidine groups is 1. The maximum absolute atomic E-state index is 7.08. The average Bonchev–Trinajstić information content (AvgIpc) is 2.35. The Balaban J connectivity index is 2.65. The van der Waals surface area contributed by atoms with Crippen LogP contribution in [0.2, 0.25) is 0 Å². The van der Waals surface area contributed by atoms with E-state index < -0.39 is 0 Å². The fraction of sp³-hybridized carbons (Fsp3) is 0.667. The number of hydrogen-bond acceptors (Lipinski definition) is 2. The Morgan fingerprint density at radius 2 is 2.19 bits per heavy atom. The highest BCUT2D eigenvalue weighted by atomic mass is 16.5.